The van der Waals surface area contributed by atoms with E-state index in [1.807, 2.05) is 5.38 Å². The maximum Gasteiger partial charge on any atom is 0.326 e. The number of rotatable bonds is 6. The zero-order valence-electron chi connectivity index (χ0n) is 11.4. The van der Waals surface area contributed by atoms with Crippen molar-refractivity contribution in [3.8, 4) is 0 Å². The topological polar surface area (TPSA) is 66.4 Å². The van der Waals surface area contributed by atoms with E-state index < -0.39 is 12.0 Å². The first-order valence-electron chi connectivity index (χ1n) is 6.87. The van der Waals surface area contributed by atoms with Crippen molar-refractivity contribution in [2.24, 2.45) is 0 Å². The second kappa shape index (κ2) is 6.70. The van der Waals surface area contributed by atoms with Crippen molar-refractivity contribution in [1.29, 1.82) is 0 Å². The molecule has 108 valence electrons. The first-order valence-corrected chi connectivity index (χ1v) is 7.75. The maximum atomic E-state index is 12.3. The summed E-state index contributed by atoms with van der Waals surface area (Å²) >= 11 is 1.61. The highest BCUT2D eigenvalue weighted by molar-refractivity contribution is 7.10. The van der Waals surface area contributed by atoms with Gasteiger partial charge in [0.15, 0.2) is 0 Å². The Bertz CT molecular complexity index is 521. The minimum Gasteiger partial charge on any atom is -0.480 e. The molecule has 0 fully saturated rings. The van der Waals surface area contributed by atoms with Gasteiger partial charge in [0.05, 0.1) is 5.56 Å². The van der Waals surface area contributed by atoms with Gasteiger partial charge in [-0.3, -0.25) is 4.79 Å². The molecule has 1 aliphatic rings. The van der Waals surface area contributed by atoms with Gasteiger partial charge in [0.2, 0.25) is 0 Å². The van der Waals surface area contributed by atoms with E-state index in [0.717, 1.165) is 24.8 Å². The van der Waals surface area contributed by atoms with Crippen LogP contribution in [0.5, 0.6) is 0 Å². The summed E-state index contributed by atoms with van der Waals surface area (Å²) in [5.41, 5.74) is 1.78. The van der Waals surface area contributed by atoms with Crippen molar-refractivity contribution in [3.05, 3.63) is 34.0 Å². The van der Waals surface area contributed by atoms with Crippen LogP contribution in [-0.4, -0.2) is 23.0 Å². The Hall–Kier alpha value is -1.62. The van der Waals surface area contributed by atoms with Crippen LogP contribution in [0.25, 0.3) is 0 Å². The van der Waals surface area contributed by atoms with Gasteiger partial charge in [0, 0.05) is 10.3 Å². The third kappa shape index (κ3) is 3.28. The van der Waals surface area contributed by atoms with Gasteiger partial charge in [-0.1, -0.05) is 6.08 Å². The molecule has 0 saturated heterocycles. The summed E-state index contributed by atoms with van der Waals surface area (Å²) in [5, 5.41) is 13.6. The van der Waals surface area contributed by atoms with E-state index in [9.17, 15) is 9.59 Å². The lowest BCUT2D eigenvalue weighted by Crippen LogP contribution is -2.40. The van der Waals surface area contributed by atoms with Crippen molar-refractivity contribution in [2.45, 2.75) is 44.6 Å². The van der Waals surface area contributed by atoms with E-state index in [1.165, 1.54) is 11.3 Å². The number of nitrogens with one attached hydrogen (secondary N) is 1. The standard InChI is InChI=1S/C15H19NO3S/c1-2-3-7-12(15(18)19)16-14(17)11-9-20-13-8-5-4-6-10(11)13/h2,9,12H,1,3-8H2,(H,16,17)(H,18,19). The second-order valence-corrected chi connectivity index (χ2v) is 5.95. The van der Waals surface area contributed by atoms with E-state index in [4.69, 9.17) is 5.11 Å². The second-order valence-electron chi connectivity index (χ2n) is 4.99. The smallest absolute Gasteiger partial charge is 0.326 e. The summed E-state index contributed by atoms with van der Waals surface area (Å²) in [6.07, 6.45) is 6.83. The first kappa shape index (κ1) is 14.8. The van der Waals surface area contributed by atoms with Crippen LogP contribution in [0.15, 0.2) is 18.0 Å². The van der Waals surface area contributed by atoms with Crippen molar-refractivity contribution in [1.82, 2.24) is 5.32 Å². The van der Waals surface area contributed by atoms with Crippen LogP contribution in [-0.2, 0) is 17.6 Å². The average molecular weight is 293 g/mol. The number of allylic oxidation sites excluding steroid dienone is 1. The Balaban J connectivity index is 2.08. The molecule has 1 unspecified atom stereocenters. The number of hydrogen-bond donors (Lipinski definition) is 2. The molecule has 1 aliphatic carbocycles. The van der Waals surface area contributed by atoms with Gasteiger partial charge < -0.3 is 10.4 Å². The molecular weight excluding hydrogens is 274 g/mol. The molecule has 0 aromatic carbocycles. The van der Waals surface area contributed by atoms with Gasteiger partial charge >= 0.3 is 5.97 Å². The SMILES string of the molecule is C=CCCC(NC(=O)c1csc2c1CCCC2)C(=O)O. The molecule has 1 aromatic heterocycles. The molecule has 4 nitrogen and oxygen atoms in total. The first-order chi connectivity index (χ1) is 9.63. The molecule has 0 radical (unpaired) electrons. The molecule has 1 heterocycles. The molecule has 1 aromatic rings. The predicted molar refractivity (Wildman–Crippen MR) is 79.3 cm³/mol. The summed E-state index contributed by atoms with van der Waals surface area (Å²) < 4.78 is 0. The fourth-order valence-electron chi connectivity index (χ4n) is 2.46. The Labute approximate surface area is 122 Å². The Morgan fingerprint density at radius 1 is 1.45 bits per heavy atom. The van der Waals surface area contributed by atoms with E-state index in [2.05, 4.69) is 11.9 Å². The molecule has 0 saturated carbocycles. The molecular formula is C15H19NO3S. The van der Waals surface area contributed by atoms with Gasteiger partial charge in [-0.25, -0.2) is 4.79 Å². The highest BCUT2D eigenvalue weighted by Gasteiger charge is 2.24. The molecule has 5 heteroatoms. The van der Waals surface area contributed by atoms with E-state index >= 15 is 0 Å². The molecule has 0 aliphatic heterocycles. The van der Waals surface area contributed by atoms with E-state index in [0.29, 0.717) is 18.4 Å². The van der Waals surface area contributed by atoms with Crippen LogP contribution in [0.2, 0.25) is 0 Å². The van der Waals surface area contributed by atoms with Crippen molar-refractivity contribution >= 4 is 23.2 Å². The lowest BCUT2D eigenvalue weighted by molar-refractivity contribution is -0.139. The van der Waals surface area contributed by atoms with Crippen LogP contribution in [0.4, 0.5) is 0 Å². The molecule has 1 amide bonds. The number of carbonyl (C=O) groups is 2. The van der Waals surface area contributed by atoms with Gasteiger partial charge in [0.1, 0.15) is 6.04 Å². The summed E-state index contributed by atoms with van der Waals surface area (Å²) in [6, 6.07) is -0.848. The number of carbonyl (C=O) groups excluding carboxylic acids is 1. The number of aryl methyl sites for hydroxylation is 1. The molecule has 0 spiro atoms. The number of thiophene rings is 1. The Kier molecular flexibility index (Phi) is 4.95. The summed E-state index contributed by atoms with van der Waals surface area (Å²) in [7, 11) is 0. The van der Waals surface area contributed by atoms with Crippen LogP contribution in [0.3, 0.4) is 0 Å². The number of fused-ring (bicyclic) bond motifs is 1. The summed E-state index contributed by atoms with van der Waals surface area (Å²) in [6.45, 7) is 3.57. The number of carboxylic acids is 1. The zero-order valence-corrected chi connectivity index (χ0v) is 12.2. The van der Waals surface area contributed by atoms with E-state index in [-0.39, 0.29) is 5.91 Å². The van der Waals surface area contributed by atoms with E-state index in [1.54, 1.807) is 17.4 Å². The van der Waals surface area contributed by atoms with Gasteiger partial charge in [-0.2, -0.15) is 0 Å². The van der Waals surface area contributed by atoms with Crippen LogP contribution >= 0.6 is 11.3 Å². The van der Waals surface area contributed by atoms with Crippen molar-refractivity contribution in [2.75, 3.05) is 0 Å². The number of aliphatic carboxylic acids is 1. The molecule has 20 heavy (non-hydrogen) atoms. The fourth-order valence-corrected chi connectivity index (χ4v) is 3.59. The monoisotopic (exact) mass is 293 g/mol. The normalized spacial score (nSPS) is 15.2. The summed E-state index contributed by atoms with van der Waals surface area (Å²) in [5.74, 6) is -1.26. The average Bonchev–Trinajstić information content (AvgIpc) is 2.87. The Morgan fingerprint density at radius 3 is 2.90 bits per heavy atom. The molecule has 2 rings (SSSR count). The molecule has 0 bridgehead atoms. The lowest BCUT2D eigenvalue weighted by Gasteiger charge is -2.16. The quantitative estimate of drug-likeness (QED) is 0.793. The fraction of sp³-hybridized carbons (Fsp3) is 0.467. The number of amides is 1. The number of hydrogen-bond acceptors (Lipinski definition) is 3. The highest BCUT2D eigenvalue weighted by Crippen LogP contribution is 2.30. The third-order valence-electron chi connectivity index (χ3n) is 3.57. The third-order valence-corrected chi connectivity index (χ3v) is 4.66. The molecule has 2 N–H and O–H groups in total. The zero-order chi connectivity index (χ0) is 14.5. The summed E-state index contributed by atoms with van der Waals surface area (Å²) in [4.78, 5) is 24.7. The maximum absolute atomic E-state index is 12.3. The minimum absolute atomic E-state index is 0.263. The van der Waals surface area contributed by atoms with Crippen LogP contribution in [0.1, 0.15) is 46.5 Å². The van der Waals surface area contributed by atoms with Gasteiger partial charge in [-0.15, -0.1) is 17.9 Å². The predicted octanol–water partition coefficient (Wildman–Crippen LogP) is 2.78. The van der Waals surface area contributed by atoms with Gasteiger partial charge in [-0.05, 0) is 44.1 Å². The largest absolute Gasteiger partial charge is 0.480 e. The van der Waals surface area contributed by atoms with Crippen molar-refractivity contribution < 1.29 is 14.7 Å². The van der Waals surface area contributed by atoms with Crippen molar-refractivity contribution in [3.63, 3.8) is 0 Å². The van der Waals surface area contributed by atoms with Gasteiger partial charge in [0.25, 0.3) is 5.91 Å². The Morgan fingerprint density at radius 2 is 2.20 bits per heavy atom. The van der Waals surface area contributed by atoms with Crippen LogP contribution < -0.4 is 5.32 Å². The highest BCUT2D eigenvalue weighted by atomic mass is 32.1. The molecule has 1 atom stereocenters. The minimum atomic E-state index is -0.996. The number of carboxylic acid groups (broad SMARTS) is 1. The lowest BCUT2D eigenvalue weighted by atomic mass is 9.95. The van der Waals surface area contributed by atoms with Crippen LogP contribution in [0, 0.1) is 0 Å².